The Balaban J connectivity index is 1.32. The number of aryl methyl sites for hydroxylation is 2. The van der Waals surface area contributed by atoms with Crippen molar-refractivity contribution in [2.45, 2.75) is 83.4 Å². The summed E-state index contributed by atoms with van der Waals surface area (Å²) in [5.41, 5.74) is -2.51. The van der Waals surface area contributed by atoms with Crippen LogP contribution in [-0.2, 0) is 25.9 Å². The maximum absolute atomic E-state index is 15.0. The lowest BCUT2D eigenvalue weighted by atomic mass is 9.91. The lowest BCUT2D eigenvalue weighted by Crippen LogP contribution is -2.72. The SMILES string of the molecule is COc1cc(C(=O)Oc2ccc(-c3nc(C(F)(F)C(F)(F)C(F)(F)C(F)(F)C(F)(F)C(F)(F)C(F)(F)F)n(C)n3)cc2)cc(C(=O)Oc2ccc(-c3nc(C(F)(F)C(F)(F)C(F)(F)C(F)(F)C(F)(F)C(F)(F)C(F)(F)F)n(C)n3)cc2)c1. The molecule has 41 heteroatoms. The number of benzene rings is 3. The van der Waals surface area contributed by atoms with Gasteiger partial charge in [0.05, 0.1) is 18.2 Å². The molecule has 2 heterocycles. The second-order valence-corrected chi connectivity index (χ2v) is 16.4. The van der Waals surface area contributed by atoms with Gasteiger partial charge in [-0.1, -0.05) is 0 Å². The molecule has 0 radical (unpaired) electrons. The van der Waals surface area contributed by atoms with E-state index in [1.54, 1.807) is 0 Å². The highest BCUT2D eigenvalue weighted by atomic mass is 19.4. The van der Waals surface area contributed by atoms with Gasteiger partial charge in [0.2, 0.25) is 11.6 Å². The standard InChI is InChI=1S/C41H20F30N6O5/c1-76-26(28(42,43)30(46,47)32(50,51)34(54,55)36(58,59)38(62,63)40(66,67)68)72-22(74-76)15-4-8-19(9-5-15)81-24(78)17-12-18(14-21(13-17)80-3)25(79)82-20-10-6-16(7-11-20)23-73-27(77(2)75-23)29(44,45)31(48,49)33(52,53)35(56,57)37(60,61)39(64,65)41(69,70)71/h4-14H,1-3H3. The fourth-order valence-electron chi connectivity index (χ4n) is 6.40. The first kappa shape index (κ1) is 65.4. The van der Waals surface area contributed by atoms with Gasteiger partial charge in [-0.25, -0.2) is 28.9 Å². The molecule has 0 atom stereocenters. The highest BCUT2D eigenvalue weighted by molar-refractivity contribution is 5.97. The number of aromatic nitrogens is 6. The average molecular weight is 1250 g/mol. The monoisotopic (exact) mass is 1250 g/mol. The molecule has 0 unspecified atom stereocenters. The summed E-state index contributed by atoms with van der Waals surface area (Å²) in [7, 11) is 1.33. The molecule has 11 nitrogen and oxygen atoms in total. The first-order valence-corrected chi connectivity index (χ1v) is 20.5. The Hall–Kier alpha value is -7.42. The summed E-state index contributed by atoms with van der Waals surface area (Å²) in [5, 5.41) is 6.26. The smallest absolute Gasteiger partial charge is 0.460 e. The number of alkyl halides is 30. The molecule has 454 valence electrons. The van der Waals surface area contributed by atoms with Crippen molar-refractivity contribution in [2.24, 2.45) is 14.1 Å². The zero-order valence-electron chi connectivity index (χ0n) is 38.9. The first-order chi connectivity index (χ1) is 36.6. The van der Waals surface area contributed by atoms with Gasteiger partial charge in [-0.2, -0.15) is 142 Å². The van der Waals surface area contributed by atoms with Crippen LogP contribution in [0.5, 0.6) is 17.2 Å². The number of carbonyl (C=O) groups excluding carboxylic acids is 2. The van der Waals surface area contributed by atoms with Crippen molar-refractivity contribution >= 4 is 11.9 Å². The zero-order valence-corrected chi connectivity index (χ0v) is 38.9. The molecule has 0 saturated heterocycles. The number of carbonyl (C=O) groups is 2. The van der Waals surface area contributed by atoms with Crippen molar-refractivity contribution in [1.29, 1.82) is 0 Å². The quantitative estimate of drug-likeness (QED) is 0.0452. The number of halogens is 30. The molecule has 0 fully saturated rings. The summed E-state index contributed by atoms with van der Waals surface area (Å²) >= 11 is 0. The number of rotatable bonds is 19. The Kier molecular flexibility index (Phi) is 15.9. The molecule has 0 aliphatic carbocycles. The summed E-state index contributed by atoms with van der Waals surface area (Å²) in [5.74, 6) is -110. The van der Waals surface area contributed by atoms with E-state index in [1.807, 2.05) is 0 Å². The Labute approximate surface area is 431 Å². The van der Waals surface area contributed by atoms with Gasteiger partial charge in [0.25, 0.3) is 0 Å². The van der Waals surface area contributed by atoms with Crippen LogP contribution >= 0.6 is 0 Å². The second-order valence-electron chi connectivity index (χ2n) is 16.4. The summed E-state index contributed by atoms with van der Waals surface area (Å²) in [6.45, 7) is 0. The number of hydrogen-bond acceptors (Lipinski definition) is 9. The van der Waals surface area contributed by atoms with E-state index in [1.165, 1.54) is 0 Å². The van der Waals surface area contributed by atoms with E-state index in [4.69, 9.17) is 14.2 Å². The van der Waals surface area contributed by atoms with Crippen LogP contribution in [0.3, 0.4) is 0 Å². The van der Waals surface area contributed by atoms with Crippen LogP contribution in [-0.4, -0.2) is 120 Å². The number of esters is 2. The molecular formula is C41H20F30N6O5. The molecule has 0 spiro atoms. The molecule has 0 amide bonds. The van der Waals surface area contributed by atoms with Crippen molar-refractivity contribution in [3.05, 3.63) is 89.5 Å². The van der Waals surface area contributed by atoms with Gasteiger partial charge in [0, 0.05) is 25.2 Å². The molecule has 5 aromatic rings. The van der Waals surface area contributed by atoms with E-state index < -0.39 is 162 Å². The minimum Gasteiger partial charge on any atom is -0.497 e. The molecule has 0 saturated carbocycles. The third-order valence-electron chi connectivity index (χ3n) is 11.0. The Morgan fingerprint density at radius 2 is 0.622 bits per heavy atom. The number of methoxy groups -OCH3 is 1. The van der Waals surface area contributed by atoms with Gasteiger partial charge < -0.3 is 14.2 Å². The average Bonchev–Trinajstić information content (AvgIpc) is 4.02. The normalized spacial score (nSPS) is 14.5. The fraction of sp³-hybridized carbons (Fsp3) is 0.415. The van der Waals surface area contributed by atoms with Gasteiger partial charge in [-0.3, -0.25) is 0 Å². The van der Waals surface area contributed by atoms with Gasteiger partial charge in [0.15, 0.2) is 11.6 Å². The highest BCUT2D eigenvalue weighted by Crippen LogP contribution is 2.65. The topological polar surface area (TPSA) is 123 Å². The summed E-state index contributed by atoms with van der Waals surface area (Å²) in [6.07, 6.45) is -15.7. The molecule has 0 aliphatic heterocycles. The second kappa shape index (κ2) is 19.9. The van der Waals surface area contributed by atoms with Gasteiger partial charge in [-0.05, 0) is 66.7 Å². The van der Waals surface area contributed by atoms with Crippen LogP contribution < -0.4 is 14.2 Å². The highest BCUT2D eigenvalue weighted by Gasteiger charge is 2.95. The number of hydrogen-bond donors (Lipinski definition) is 0. The number of ether oxygens (including phenoxy) is 3. The maximum atomic E-state index is 15.0. The molecule has 0 bridgehead atoms. The van der Waals surface area contributed by atoms with Crippen LogP contribution in [0.1, 0.15) is 32.4 Å². The van der Waals surface area contributed by atoms with Gasteiger partial charge in [0.1, 0.15) is 17.2 Å². The molecule has 2 aromatic heterocycles. The van der Waals surface area contributed by atoms with E-state index in [0.29, 0.717) is 24.3 Å². The van der Waals surface area contributed by atoms with Crippen LogP contribution in [0.15, 0.2) is 66.7 Å². The van der Waals surface area contributed by atoms with E-state index >= 15 is 0 Å². The lowest BCUT2D eigenvalue weighted by molar-refractivity contribution is -0.454. The maximum Gasteiger partial charge on any atom is 0.460 e. The van der Waals surface area contributed by atoms with E-state index in [0.717, 1.165) is 49.6 Å². The molecule has 3 aromatic carbocycles. The summed E-state index contributed by atoms with van der Waals surface area (Å²) < 4.78 is 428. The van der Waals surface area contributed by atoms with Crippen molar-refractivity contribution in [2.75, 3.05) is 7.11 Å². The zero-order chi connectivity index (χ0) is 63.4. The molecule has 0 aliphatic rings. The van der Waals surface area contributed by atoms with Gasteiger partial charge >= 0.3 is 95.4 Å². The van der Waals surface area contributed by atoms with Crippen LogP contribution in [0.2, 0.25) is 0 Å². The van der Waals surface area contributed by atoms with Crippen LogP contribution in [0.25, 0.3) is 22.8 Å². The van der Waals surface area contributed by atoms with Crippen molar-refractivity contribution in [1.82, 2.24) is 29.5 Å². The van der Waals surface area contributed by atoms with Crippen molar-refractivity contribution < 1.29 is 156 Å². The first-order valence-electron chi connectivity index (χ1n) is 20.5. The fourth-order valence-corrected chi connectivity index (χ4v) is 6.40. The van der Waals surface area contributed by atoms with Gasteiger partial charge in [-0.15, -0.1) is 0 Å². The minimum atomic E-state index is -8.58. The Morgan fingerprint density at radius 3 is 0.878 bits per heavy atom. The largest absolute Gasteiger partial charge is 0.497 e. The van der Waals surface area contributed by atoms with Crippen LogP contribution in [0, 0.1) is 0 Å². The molecule has 5 rings (SSSR count). The summed E-state index contributed by atoms with van der Waals surface area (Å²) in [6, 6.07) is 8.09. The van der Waals surface area contributed by atoms with Crippen LogP contribution in [0.4, 0.5) is 132 Å². The predicted molar refractivity (Wildman–Crippen MR) is 205 cm³/mol. The molecular weight excluding hydrogens is 1230 g/mol. The molecule has 0 N–H and O–H groups in total. The van der Waals surface area contributed by atoms with E-state index in [9.17, 15) is 141 Å². The third kappa shape index (κ3) is 9.82. The molecule has 82 heavy (non-hydrogen) atoms. The lowest BCUT2D eigenvalue weighted by Gasteiger charge is -2.41. The predicted octanol–water partition coefficient (Wildman–Crippen LogP) is 13.4. The Morgan fingerprint density at radius 1 is 0.366 bits per heavy atom. The summed E-state index contributed by atoms with van der Waals surface area (Å²) in [4.78, 5) is 31.7. The third-order valence-corrected chi connectivity index (χ3v) is 11.0. The minimum absolute atomic E-state index is 0.180. The van der Waals surface area contributed by atoms with E-state index in [2.05, 4.69) is 20.2 Å². The van der Waals surface area contributed by atoms with E-state index in [-0.39, 0.29) is 19.8 Å². The number of nitrogens with zero attached hydrogens (tertiary/aromatic N) is 6. The van der Waals surface area contributed by atoms with Crippen molar-refractivity contribution in [3.63, 3.8) is 0 Å². The van der Waals surface area contributed by atoms with Crippen molar-refractivity contribution in [3.8, 4) is 40.0 Å². The Bertz CT molecular complexity index is 3000.